The van der Waals surface area contributed by atoms with Gasteiger partial charge < -0.3 is 19.9 Å². The molecular formula is C20H20N2O4S. The molecule has 2 aromatic rings. The van der Waals surface area contributed by atoms with Gasteiger partial charge in [0.15, 0.2) is 16.7 Å². The van der Waals surface area contributed by atoms with Crippen molar-refractivity contribution in [2.45, 2.75) is 6.92 Å². The number of nitrogens with zero attached hydrogens (tertiary/aromatic N) is 1. The average molecular weight is 384 g/mol. The van der Waals surface area contributed by atoms with Crippen molar-refractivity contribution in [1.29, 1.82) is 0 Å². The molecule has 1 aliphatic heterocycles. The van der Waals surface area contributed by atoms with E-state index in [0.717, 1.165) is 28.6 Å². The SMILES string of the molecule is COc1cc(/C=C2/SC(N)=NC2=O)ccc1OCCOc1ccccc1C. The fourth-order valence-corrected chi connectivity index (χ4v) is 3.17. The minimum absolute atomic E-state index is 0.256. The third-order valence-electron chi connectivity index (χ3n) is 3.81. The molecule has 6 nitrogen and oxygen atoms in total. The molecule has 140 valence electrons. The molecule has 1 heterocycles. The number of amidine groups is 1. The second kappa shape index (κ2) is 8.64. The van der Waals surface area contributed by atoms with Crippen molar-refractivity contribution >= 4 is 28.9 Å². The van der Waals surface area contributed by atoms with E-state index in [1.54, 1.807) is 25.3 Å². The van der Waals surface area contributed by atoms with Gasteiger partial charge in [0.2, 0.25) is 0 Å². The lowest BCUT2D eigenvalue weighted by Gasteiger charge is -2.13. The van der Waals surface area contributed by atoms with Gasteiger partial charge in [0.1, 0.15) is 19.0 Å². The summed E-state index contributed by atoms with van der Waals surface area (Å²) in [6.45, 7) is 2.80. The van der Waals surface area contributed by atoms with E-state index in [1.807, 2.05) is 37.3 Å². The number of rotatable bonds is 7. The molecule has 0 unspecified atom stereocenters. The van der Waals surface area contributed by atoms with Crippen molar-refractivity contribution in [2.24, 2.45) is 10.7 Å². The largest absolute Gasteiger partial charge is 0.493 e. The third-order valence-corrected chi connectivity index (χ3v) is 4.63. The normalized spacial score (nSPS) is 15.0. The van der Waals surface area contributed by atoms with Gasteiger partial charge in [0, 0.05) is 0 Å². The highest BCUT2D eigenvalue weighted by atomic mass is 32.2. The van der Waals surface area contributed by atoms with E-state index in [2.05, 4.69) is 4.99 Å². The molecule has 0 fully saturated rings. The van der Waals surface area contributed by atoms with Gasteiger partial charge in [-0.3, -0.25) is 4.79 Å². The van der Waals surface area contributed by atoms with E-state index in [4.69, 9.17) is 19.9 Å². The summed E-state index contributed by atoms with van der Waals surface area (Å²) < 4.78 is 16.9. The highest BCUT2D eigenvalue weighted by Crippen LogP contribution is 2.31. The van der Waals surface area contributed by atoms with E-state index in [9.17, 15) is 4.79 Å². The van der Waals surface area contributed by atoms with Gasteiger partial charge in [-0.25, -0.2) is 0 Å². The Hall–Kier alpha value is -2.93. The fourth-order valence-electron chi connectivity index (χ4n) is 2.49. The van der Waals surface area contributed by atoms with Crippen LogP contribution in [0, 0.1) is 6.92 Å². The number of methoxy groups -OCH3 is 1. The number of para-hydroxylation sites is 1. The van der Waals surface area contributed by atoms with Gasteiger partial charge in [-0.15, -0.1) is 0 Å². The molecule has 1 amide bonds. The maximum atomic E-state index is 11.7. The summed E-state index contributed by atoms with van der Waals surface area (Å²) in [6, 6.07) is 13.3. The number of benzene rings is 2. The number of amides is 1. The van der Waals surface area contributed by atoms with Crippen molar-refractivity contribution in [3.05, 3.63) is 58.5 Å². The first-order valence-electron chi connectivity index (χ1n) is 8.34. The van der Waals surface area contributed by atoms with Crippen molar-refractivity contribution in [3.63, 3.8) is 0 Å². The molecule has 0 spiro atoms. The predicted molar refractivity (Wildman–Crippen MR) is 107 cm³/mol. The van der Waals surface area contributed by atoms with E-state index in [-0.39, 0.29) is 11.1 Å². The number of aryl methyl sites for hydroxylation is 1. The fraction of sp³-hybridized carbons (Fsp3) is 0.200. The molecule has 0 saturated carbocycles. The zero-order valence-corrected chi connectivity index (χ0v) is 15.9. The van der Waals surface area contributed by atoms with Crippen LogP contribution in [0.15, 0.2) is 52.4 Å². The molecule has 0 aliphatic carbocycles. The summed E-state index contributed by atoms with van der Waals surface area (Å²) in [5, 5.41) is 0.256. The van der Waals surface area contributed by atoms with Crippen LogP contribution in [0.1, 0.15) is 11.1 Å². The topological polar surface area (TPSA) is 83.1 Å². The number of hydrogen-bond donors (Lipinski definition) is 1. The van der Waals surface area contributed by atoms with Crippen LogP contribution < -0.4 is 19.9 Å². The van der Waals surface area contributed by atoms with Crippen LogP contribution >= 0.6 is 11.8 Å². The molecule has 0 aromatic heterocycles. The standard InChI is InChI=1S/C20H20N2O4S/c1-13-5-3-4-6-15(13)25-9-10-26-16-8-7-14(11-17(16)24-2)12-18-19(23)22-20(21)27-18/h3-8,11-12H,9-10H2,1-2H3,(H2,21,22,23)/b18-12+. The van der Waals surface area contributed by atoms with Crippen molar-refractivity contribution < 1.29 is 19.0 Å². The number of aliphatic imine (C=N–C) groups is 1. The maximum absolute atomic E-state index is 11.7. The Morgan fingerprint density at radius 2 is 1.81 bits per heavy atom. The van der Waals surface area contributed by atoms with Gasteiger partial charge in [0.25, 0.3) is 5.91 Å². The summed E-state index contributed by atoms with van der Waals surface area (Å²) in [4.78, 5) is 15.9. The Morgan fingerprint density at radius 3 is 2.48 bits per heavy atom. The second-order valence-corrected chi connectivity index (χ2v) is 6.80. The summed E-state index contributed by atoms with van der Waals surface area (Å²) in [7, 11) is 1.57. The van der Waals surface area contributed by atoms with Crippen LogP contribution in [0.2, 0.25) is 0 Å². The second-order valence-electron chi connectivity index (χ2n) is 5.74. The van der Waals surface area contributed by atoms with Crippen LogP contribution in [0.3, 0.4) is 0 Å². The Labute approximate surface area is 162 Å². The minimum atomic E-state index is -0.329. The number of thioether (sulfide) groups is 1. The van der Waals surface area contributed by atoms with Crippen LogP contribution in [0.5, 0.6) is 17.2 Å². The molecule has 1 aliphatic rings. The molecule has 3 rings (SSSR count). The highest BCUT2D eigenvalue weighted by Gasteiger charge is 2.19. The Morgan fingerprint density at radius 1 is 1.07 bits per heavy atom. The first-order valence-corrected chi connectivity index (χ1v) is 9.16. The molecule has 0 saturated heterocycles. The van der Waals surface area contributed by atoms with E-state index >= 15 is 0 Å². The van der Waals surface area contributed by atoms with Crippen LogP contribution in [-0.4, -0.2) is 31.4 Å². The average Bonchev–Trinajstić information content (AvgIpc) is 2.97. The molecule has 2 N–H and O–H groups in total. The number of hydrogen-bond acceptors (Lipinski definition) is 6. The lowest BCUT2D eigenvalue weighted by molar-refractivity contribution is -0.113. The lowest BCUT2D eigenvalue weighted by atomic mass is 10.2. The predicted octanol–water partition coefficient (Wildman–Crippen LogP) is 3.39. The smallest absolute Gasteiger partial charge is 0.286 e. The first-order chi connectivity index (χ1) is 13.1. The first kappa shape index (κ1) is 18.8. The molecule has 0 atom stereocenters. The summed E-state index contributed by atoms with van der Waals surface area (Å²) in [5.41, 5.74) is 7.45. The van der Waals surface area contributed by atoms with Gasteiger partial charge in [0.05, 0.1) is 12.0 Å². The quantitative estimate of drug-likeness (QED) is 0.582. The molecule has 7 heteroatoms. The zero-order valence-electron chi connectivity index (χ0n) is 15.1. The molecule has 27 heavy (non-hydrogen) atoms. The third kappa shape index (κ3) is 4.83. The molecule has 0 radical (unpaired) electrons. The zero-order chi connectivity index (χ0) is 19.2. The summed E-state index contributed by atoms with van der Waals surface area (Å²) >= 11 is 1.15. The molecule has 2 aromatic carbocycles. The van der Waals surface area contributed by atoms with Gasteiger partial charge in [-0.2, -0.15) is 4.99 Å². The summed E-state index contributed by atoms with van der Waals surface area (Å²) in [5.74, 6) is 1.69. The van der Waals surface area contributed by atoms with Crippen LogP contribution in [0.25, 0.3) is 6.08 Å². The van der Waals surface area contributed by atoms with Gasteiger partial charge >= 0.3 is 0 Å². The van der Waals surface area contributed by atoms with Crippen molar-refractivity contribution in [2.75, 3.05) is 20.3 Å². The van der Waals surface area contributed by atoms with Crippen LogP contribution in [0.4, 0.5) is 0 Å². The number of carbonyl (C=O) groups is 1. The van der Waals surface area contributed by atoms with Gasteiger partial charge in [-0.05, 0) is 54.1 Å². The summed E-state index contributed by atoms with van der Waals surface area (Å²) in [6.07, 6.45) is 1.73. The Bertz CT molecular complexity index is 909. The van der Waals surface area contributed by atoms with Crippen molar-refractivity contribution in [1.82, 2.24) is 0 Å². The minimum Gasteiger partial charge on any atom is -0.493 e. The maximum Gasteiger partial charge on any atom is 0.286 e. The van der Waals surface area contributed by atoms with E-state index in [0.29, 0.717) is 29.6 Å². The van der Waals surface area contributed by atoms with Gasteiger partial charge in [-0.1, -0.05) is 24.3 Å². The van der Waals surface area contributed by atoms with Crippen molar-refractivity contribution in [3.8, 4) is 17.2 Å². The molecule has 0 bridgehead atoms. The lowest BCUT2D eigenvalue weighted by Crippen LogP contribution is -2.10. The Balaban J connectivity index is 1.60. The Kier molecular flexibility index (Phi) is 6.03. The number of nitrogens with two attached hydrogens (primary N) is 1. The van der Waals surface area contributed by atoms with E-state index in [1.165, 1.54) is 0 Å². The highest BCUT2D eigenvalue weighted by molar-refractivity contribution is 8.18. The molecular weight excluding hydrogens is 364 g/mol. The number of ether oxygens (including phenoxy) is 3. The number of carbonyl (C=O) groups excluding carboxylic acids is 1. The van der Waals surface area contributed by atoms with E-state index < -0.39 is 0 Å². The van der Waals surface area contributed by atoms with Crippen LogP contribution in [-0.2, 0) is 4.79 Å². The monoisotopic (exact) mass is 384 g/mol.